The van der Waals surface area contributed by atoms with Crippen molar-refractivity contribution in [2.45, 2.75) is 6.92 Å². The minimum atomic E-state index is -0.410. The van der Waals surface area contributed by atoms with Crippen molar-refractivity contribution in [2.24, 2.45) is 5.10 Å². The first-order chi connectivity index (χ1) is 14.8. The van der Waals surface area contributed by atoms with Crippen molar-refractivity contribution >= 4 is 58.0 Å². The van der Waals surface area contributed by atoms with Gasteiger partial charge in [-0.15, -0.1) is 0 Å². The quantitative estimate of drug-likeness (QED) is 0.379. The van der Waals surface area contributed by atoms with Crippen LogP contribution in [0.3, 0.4) is 0 Å². The first-order valence-corrected chi connectivity index (χ1v) is 10.3. The maximum absolute atomic E-state index is 13.0. The van der Waals surface area contributed by atoms with Crippen LogP contribution in [0, 0.1) is 10.1 Å². The van der Waals surface area contributed by atoms with Crippen LogP contribution in [0.2, 0.25) is 10.0 Å². The molecule has 2 heterocycles. The predicted octanol–water partition coefficient (Wildman–Crippen LogP) is 4.54. The summed E-state index contributed by atoms with van der Waals surface area (Å²) < 4.78 is 5.33. The largest absolute Gasteiger partial charge is 0.378 e. The molecule has 31 heavy (non-hydrogen) atoms. The first-order valence-electron chi connectivity index (χ1n) is 9.53. The molecular weight excluding hydrogens is 443 g/mol. The summed E-state index contributed by atoms with van der Waals surface area (Å²) in [5, 5.41) is 17.9. The summed E-state index contributed by atoms with van der Waals surface area (Å²) >= 11 is 12.0. The van der Waals surface area contributed by atoms with Crippen LogP contribution < -0.4 is 9.91 Å². The Morgan fingerprint density at radius 2 is 1.87 bits per heavy atom. The summed E-state index contributed by atoms with van der Waals surface area (Å²) in [4.78, 5) is 26.2. The second-order valence-corrected chi connectivity index (χ2v) is 7.88. The van der Waals surface area contributed by atoms with Gasteiger partial charge in [0.15, 0.2) is 0 Å². The Labute approximate surface area is 188 Å². The van der Waals surface area contributed by atoms with E-state index in [1.165, 1.54) is 11.1 Å². The number of amides is 1. The molecule has 0 bridgehead atoms. The van der Waals surface area contributed by atoms with Gasteiger partial charge in [-0.1, -0.05) is 29.3 Å². The van der Waals surface area contributed by atoms with Crippen molar-refractivity contribution < 1.29 is 14.5 Å². The van der Waals surface area contributed by atoms with Crippen molar-refractivity contribution in [2.75, 3.05) is 36.2 Å². The molecule has 1 saturated heterocycles. The number of hydrazone groups is 1. The number of nitro groups is 1. The van der Waals surface area contributed by atoms with Crippen LogP contribution in [0.4, 0.5) is 17.1 Å². The van der Waals surface area contributed by atoms with Gasteiger partial charge >= 0.3 is 0 Å². The fourth-order valence-electron chi connectivity index (χ4n) is 3.49. The summed E-state index contributed by atoms with van der Waals surface area (Å²) in [6.07, 6.45) is 1.61. The zero-order chi connectivity index (χ0) is 22.1. The summed E-state index contributed by atoms with van der Waals surface area (Å²) in [7, 11) is 0. The molecule has 0 atom stereocenters. The number of morpholine rings is 1. The Balaban J connectivity index is 1.65. The van der Waals surface area contributed by atoms with Crippen molar-refractivity contribution in [3.8, 4) is 0 Å². The van der Waals surface area contributed by atoms with Gasteiger partial charge in [-0.2, -0.15) is 10.1 Å². The predicted molar refractivity (Wildman–Crippen MR) is 121 cm³/mol. The lowest BCUT2D eigenvalue weighted by Crippen LogP contribution is -2.36. The van der Waals surface area contributed by atoms with Crippen molar-refractivity contribution in [3.63, 3.8) is 0 Å². The van der Waals surface area contributed by atoms with Gasteiger partial charge in [0.25, 0.3) is 11.6 Å². The van der Waals surface area contributed by atoms with E-state index < -0.39 is 4.92 Å². The zero-order valence-corrected chi connectivity index (χ0v) is 18.1. The Bertz CT molecular complexity index is 1130. The highest BCUT2D eigenvalue weighted by Gasteiger charge is 2.29. The highest BCUT2D eigenvalue weighted by molar-refractivity contribution is 6.42. The topological polar surface area (TPSA) is 88.3 Å². The van der Waals surface area contributed by atoms with E-state index >= 15 is 0 Å². The van der Waals surface area contributed by atoms with Crippen LogP contribution in [-0.2, 0) is 9.53 Å². The van der Waals surface area contributed by atoms with Gasteiger partial charge in [-0.25, -0.2) is 0 Å². The van der Waals surface area contributed by atoms with E-state index in [0.29, 0.717) is 64.6 Å². The monoisotopic (exact) mass is 460 g/mol. The molecule has 8 nitrogen and oxygen atoms in total. The number of anilines is 2. The average molecular weight is 461 g/mol. The number of carbonyl (C=O) groups is 1. The van der Waals surface area contributed by atoms with Gasteiger partial charge in [0, 0.05) is 19.2 Å². The van der Waals surface area contributed by atoms with Crippen LogP contribution in [0.15, 0.2) is 47.1 Å². The average Bonchev–Trinajstić information content (AvgIpc) is 3.04. The molecular formula is C21H18Cl2N4O4. The molecule has 0 aromatic heterocycles. The summed E-state index contributed by atoms with van der Waals surface area (Å²) in [5.74, 6) is -0.351. The maximum atomic E-state index is 13.0. The van der Waals surface area contributed by atoms with Crippen LogP contribution in [0.5, 0.6) is 0 Å². The van der Waals surface area contributed by atoms with Gasteiger partial charge in [0.1, 0.15) is 5.69 Å². The lowest BCUT2D eigenvalue weighted by Gasteiger charge is -2.28. The molecule has 160 valence electrons. The Morgan fingerprint density at radius 1 is 1.13 bits per heavy atom. The molecule has 2 aliphatic rings. The Hall–Kier alpha value is -2.94. The maximum Gasteiger partial charge on any atom is 0.293 e. The first kappa shape index (κ1) is 21.3. The smallest absolute Gasteiger partial charge is 0.293 e. The third-order valence-corrected chi connectivity index (χ3v) is 5.81. The van der Waals surface area contributed by atoms with Crippen molar-refractivity contribution in [1.82, 2.24) is 0 Å². The van der Waals surface area contributed by atoms with Crippen LogP contribution in [-0.4, -0.2) is 42.8 Å². The number of ether oxygens (including phenoxy) is 1. The standard InChI is InChI=1S/C21H18Cl2N4O4/c1-13-16(21(28)26(24-13)15-3-4-17(22)18(23)12-15)10-14-2-5-19(20(11-14)27(29)30)25-6-8-31-9-7-25/h2-5,10-12H,6-9H2,1H3/b16-10-. The van der Waals surface area contributed by atoms with Gasteiger partial charge in [-0.05, 0) is 42.8 Å². The molecule has 4 rings (SSSR count). The molecule has 2 aromatic rings. The fraction of sp³-hybridized carbons (Fsp3) is 0.238. The number of nitrogens with zero attached hydrogens (tertiary/aromatic N) is 4. The summed E-state index contributed by atoms with van der Waals surface area (Å²) in [5.41, 5.74) is 2.39. The van der Waals surface area contributed by atoms with E-state index in [9.17, 15) is 14.9 Å². The number of rotatable bonds is 4. The molecule has 0 unspecified atom stereocenters. The van der Waals surface area contributed by atoms with E-state index in [0.717, 1.165) is 0 Å². The van der Waals surface area contributed by atoms with E-state index in [1.807, 2.05) is 4.90 Å². The molecule has 0 radical (unpaired) electrons. The van der Waals surface area contributed by atoms with E-state index in [4.69, 9.17) is 27.9 Å². The Kier molecular flexibility index (Phi) is 5.95. The summed E-state index contributed by atoms with van der Waals surface area (Å²) in [6.45, 7) is 3.93. The van der Waals surface area contributed by atoms with Gasteiger partial charge in [-0.3, -0.25) is 14.9 Å². The number of carbonyl (C=O) groups excluding carboxylic acids is 1. The van der Waals surface area contributed by atoms with Gasteiger partial charge < -0.3 is 9.64 Å². The van der Waals surface area contributed by atoms with Gasteiger partial charge in [0.05, 0.1) is 45.2 Å². The lowest BCUT2D eigenvalue weighted by atomic mass is 10.1. The van der Waals surface area contributed by atoms with E-state index in [1.54, 1.807) is 43.3 Å². The van der Waals surface area contributed by atoms with Crippen LogP contribution >= 0.6 is 23.2 Å². The molecule has 0 saturated carbocycles. The molecule has 1 amide bonds. The molecule has 2 aliphatic heterocycles. The molecule has 0 N–H and O–H groups in total. The van der Waals surface area contributed by atoms with Gasteiger partial charge in [0.2, 0.25) is 0 Å². The fourth-order valence-corrected chi connectivity index (χ4v) is 3.78. The third-order valence-electron chi connectivity index (χ3n) is 5.07. The highest BCUT2D eigenvalue weighted by Crippen LogP contribution is 2.33. The number of benzene rings is 2. The van der Waals surface area contributed by atoms with Crippen molar-refractivity contribution in [1.29, 1.82) is 0 Å². The molecule has 0 aliphatic carbocycles. The minimum Gasteiger partial charge on any atom is -0.378 e. The number of hydrogen-bond donors (Lipinski definition) is 0. The second-order valence-electron chi connectivity index (χ2n) is 7.06. The zero-order valence-electron chi connectivity index (χ0n) is 16.5. The van der Waals surface area contributed by atoms with Crippen LogP contribution in [0.1, 0.15) is 12.5 Å². The Morgan fingerprint density at radius 3 is 2.55 bits per heavy atom. The third kappa shape index (κ3) is 4.27. The minimum absolute atomic E-state index is 0.0161. The number of hydrogen-bond acceptors (Lipinski definition) is 6. The molecule has 2 aromatic carbocycles. The van der Waals surface area contributed by atoms with E-state index in [-0.39, 0.29) is 11.6 Å². The number of halogens is 2. The SMILES string of the molecule is CC1=NN(c2ccc(Cl)c(Cl)c2)C(=O)/C1=C\c1ccc(N2CCOCC2)c([N+](=O)[O-])c1. The number of nitro benzene ring substituents is 1. The van der Waals surface area contributed by atoms with Crippen molar-refractivity contribution in [3.05, 3.63) is 67.7 Å². The molecule has 10 heteroatoms. The van der Waals surface area contributed by atoms with E-state index in [2.05, 4.69) is 5.10 Å². The molecule has 1 fully saturated rings. The summed E-state index contributed by atoms with van der Waals surface area (Å²) in [6, 6.07) is 9.73. The van der Waals surface area contributed by atoms with Crippen LogP contribution in [0.25, 0.3) is 6.08 Å². The molecule has 0 spiro atoms. The lowest BCUT2D eigenvalue weighted by molar-refractivity contribution is -0.384. The normalized spacial score (nSPS) is 18.0. The highest BCUT2D eigenvalue weighted by atomic mass is 35.5. The second kappa shape index (κ2) is 8.66.